The Morgan fingerprint density at radius 1 is 1.14 bits per heavy atom. The second-order valence-electron chi connectivity index (χ2n) is 7.12. The monoisotopic (exact) mass is 385 g/mol. The van der Waals surface area contributed by atoms with Gasteiger partial charge >= 0.3 is 0 Å². The van der Waals surface area contributed by atoms with Crippen LogP contribution in [0.4, 0.5) is 4.39 Å². The Morgan fingerprint density at radius 2 is 1.89 bits per heavy atom. The number of hydrogen-bond acceptors (Lipinski definition) is 5. The highest BCUT2D eigenvalue weighted by Crippen LogP contribution is 2.15. The van der Waals surface area contributed by atoms with Crippen LogP contribution in [0.5, 0.6) is 0 Å². The van der Waals surface area contributed by atoms with Gasteiger partial charge in [-0.1, -0.05) is 6.42 Å². The summed E-state index contributed by atoms with van der Waals surface area (Å²) in [6, 6.07) is 5.90. The number of likely N-dealkylation sites (tertiary alicyclic amines) is 1. The number of piperidine rings is 1. The van der Waals surface area contributed by atoms with Crippen molar-refractivity contribution in [1.82, 2.24) is 24.4 Å². The average Bonchev–Trinajstić information content (AvgIpc) is 3.12. The SMILES string of the molecule is Cc1nc2c(cnn2-c2ccc(F)cc2)c(=O)n1OCCCN1CCCCC1. The van der Waals surface area contributed by atoms with Gasteiger partial charge in [0, 0.05) is 6.54 Å². The molecule has 3 aromatic rings. The van der Waals surface area contributed by atoms with Crippen LogP contribution in [0.3, 0.4) is 0 Å². The molecule has 2 aromatic heterocycles. The molecule has 7 nitrogen and oxygen atoms in total. The molecule has 1 fully saturated rings. The van der Waals surface area contributed by atoms with Crippen molar-refractivity contribution in [2.24, 2.45) is 0 Å². The lowest BCUT2D eigenvalue weighted by Gasteiger charge is -2.26. The molecule has 1 aromatic carbocycles. The molecular weight excluding hydrogens is 361 g/mol. The number of benzene rings is 1. The van der Waals surface area contributed by atoms with E-state index in [1.54, 1.807) is 19.1 Å². The molecular formula is C20H24FN5O2. The standard InChI is InChI=1S/C20H24FN5O2/c1-15-23-19-18(14-22-25(19)17-8-6-16(21)7-9-17)20(27)26(15)28-13-5-12-24-10-3-2-4-11-24/h6-9,14H,2-5,10-13H2,1H3. The van der Waals surface area contributed by atoms with Crippen LogP contribution in [0.2, 0.25) is 0 Å². The Balaban J connectivity index is 1.50. The van der Waals surface area contributed by atoms with Gasteiger partial charge in [0.25, 0.3) is 5.56 Å². The van der Waals surface area contributed by atoms with Gasteiger partial charge in [-0.2, -0.15) is 5.10 Å². The minimum absolute atomic E-state index is 0.283. The summed E-state index contributed by atoms with van der Waals surface area (Å²) in [6.45, 7) is 5.46. The summed E-state index contributed by atoms with van der Waals surface area (Å²) in [7, 11) is 0. The lowest BCUT2D eigenvalue weighted by molar-refractivity contribution is 0.0844. The molecule has 0 radical (unpaired) electrons. The molecule has 8 heteroatoms. The third kappa shape index (κ3) is 3.77. The van der Waals surface area contributed by atoms with Crippen LogP contribution in [0.25, 0.3) is 16.7 Å². The summed E-state index contributed by atoms with van der Waals surface area (Å²) in [4.78, 5) is 25.5. The van der Waals surface area contributed by atoms with Crippen LogP contribution in [-0.4, -0.2) is 50.6 Å². The van der Waals surface area contributed by atoms with Gasteiger partial charge in [-0.15, -0.1) is 4.73 Å². The number of nitrogens with zero attached hydrogens (tertiary/aromatic N) is 5. The van der Waals surface area contributed by atoms with Crippen molar-refractivity contribution < 1.29 is 9.23 Å². The molecule has 0 atom stereocenters. The molecule has 0 amide bonds. The smallest absolute Gasteiger partial charge is 0.297 e. The first-order valence-electron chi connectivity index (χ1n) is 9.72. The maximum Gasteiger partial charge on any atom is 0.297 e. The van der Waals surface area contributed by atoms with Gasteiger partial charge in [-0.3, -0.25) is 4.79 Å². The molecule has 0 aliphatic carbocycles. The Kier molecular flexibility index (Phi) is 5.38. The molecule has 0 saturated carbocycles. The topological polar surface area (TPSA) is 65.2 Å². The highest BCUT2D eigenvalue weighted by Gasteiger charge is 2.15. The van der Waals surface area contributed by atoms with Gasteiger partial charge in [0.15, 0.2) is 5.65 Å². The maximum absolute atomic E-state index is 13.2. The van der Waals surface area contributed by atoms with Crippen molar-refractivity contribution in [1.29, 1.82) is 0 Å². The van der Waals surface area contributed by atoms with Crippen LogP contribution in [0, 0.1) is 12.7 Å². The second-order valence-corrected chi connectivity index (χ2v) is 7.12. The third-order valence-electron chi connectivity index (χ3n) is 5.08. The quantitative estimate of drug-likeness (QED) is 0.610. The summed E-state index contributed by atoms with van der Waals surface area (Å²) in [5.74, 6) is 0.129. The number of aryl methyl sites for hydroxylation is 1. The van der Waals surface area contributed by atoms with Gasteiger partial charge in [-0.05, 0) is 63.5 Å². The van der Waals surface area contributed by atoms with E-state index in [9.17, 15) is 9.18 Å². The van der Waals surface area contributed by atoms with E-state index in [0.717, 1.165) is 26.1 Å². The molecule has 1 aliphatic heterocycles. The Morgan fingerprint density at radius 3 is 2.64 bits per heavy atom. The van der Waals surface area contributed by atoms with Gasteiger partial charge in [0.05, 0.1) is 11.9 Å². The zero-order valence-corrected chi connectivity index (χ0v) is 16.0. The largest absolute Gasteiger partial charge is 0.409 e. The van der Waals surface area contributed by atoms with Gasteiger partial charge in [-0.25, -0.2) is 14.1 Å². The molecule has 1 saturated heterocycles. The lowest BCUT2D eigenvalue weighted by atomic mass is 10.1. The first-order chi connectivity index (χ1) is 13.6. The number of fused-ring (bicyclic) bond motifs is 1. The minimum atomic E-state index is -0.329. The van der Waals surface area contributed by atoms with E-state index in [1.165, 1.54) is 47.0 Å². The summed E-state index contributed by atoms with van der Waals surface area (Å²) >= 11 is 0. The van der Waals surface area contributed by atoms with Crippen molar-refractivity contribution in [3.63, 3.8) is 0 Å². The fourth-order valence-electron chi connectivity index (χ4n) is 3.61. The summed E-state index contributed by atoms with van der Waals surface area (Å²) in [6.07, 6.45) is 6.18. The fourth-order valence-corrected chi connectivity index (χ4v) is 3.61. The van der Waals surface area contributed by atoms with Crippen molar-refractivity contribution in [3.8, 4) is 5.69 Å². The van der Waals surface area contributed by atoms with Crippen molar-refractivity contribution in [2.45, 2.75) is 32.6 Å². The van der Waals surface area contributed by atoms with Crippen LogP contribution in [0.1, 0.15) is 31.5 Å². The van der Waals surface area contributed by atoms with Crippen LogP contribution in [0.15, 0.2) is 35.3 Å². The zero-order chi connectivity index (χ0) is 19.5. The number of halogens is 1. The molecule has 0 bridgehead atoms. The molecule has 148 valence electrons. The average molecular weight is 385 g/mol. The maximum atomic E-state index is 13.2. The molecule has 0 N–H and O–H groups in total. The highest BCUT2D eigenvalue weighted by atomic mass is 19.1. The Bertz CT molecular complexity index is 1010. The number of hydrogen-bond donors (Lipinski definition) is 0. The molecule has 1 aliphatic rings. The normalized spacial score (nSPS) is 15.2. The fraction of sp³-hybridized carbons (Fsp3) is 0.450. The highest BCUT2D eigenvalue weighted by molar-refractivity contribution is 5.75. The predicted molar refractivity (Wildman–Crippen MR) is 104 cm³/mol. The third-order valence-corrected chi connectivity index (χ3v) is 5.08. The predicted octanol–water partition coefficient (Wildman–Crippen LogP) is 2.33. The Hall–Kier alpha value is -2.74. The van der Waals surface area contributed by atoms with Crippen LogP contribution in [-0.2, 0) is 0 Å². The lowest BCUT2D eigenvalue weighted by Crippen LogP contribution is -2.34. The van der Waals surface area contributed by atoms with Crippen LogP contribution < -0.4 is 10.4 Å². The number of rotatable bonds is 6. The second kappa shape index (κ2) is 8.10. The van der Waals surface area contributed by atoms with Crippen molar-refractivity contribution in [2.75, 3.05) is 26.2 Å². The molecule has 28 heavy (non-hydrogen) atoms. The van der Waals surface area contributed by atoms with E-state index >= 15 is 0 Å². The minimum Gasteiger partial charge on any atom is -0.409 e. The first-order valence-corrected chi connectivity index (χ1v) is 9.72. The summed E-state index contributed by atoms with van der Waals surface area (Å²) < 4.78 is 15.9. The van der Waals surface area contributed by atoms with Gasteiger partial charge < -0.3 is 9.74 Å². The van der Waals surface area contributed by atoms with E-state index in [2.05, 4.69) is 15.0 Å². The molecule has 3 heterocycles. The van der Waals surface area contributed by atoms with E-state index in [4.69, 9.17) is 4.84 Å². The van der Waals surface area contributed by atoms with E-state index < -0.39 is 0 Å². The molecule has 0 spiro atoms. The van der Waals surface area contributed by atoms with Crippen LogP contribution >= 0.6 is 0 Å². The number of aromatic nitrogens is 4. The zero-order valence-electron chi connectivity index (χ0n) is 16.0. The van der Waals surface area contributed by atoms with Crippen molar-refractivity contribution >= 4 is 11.0 Å². The summed E-state index contributed by atoms with van der Waals surface area (Å²) in [5, 5.41) is 4.62. The van der Waals surface area contributed by atoms with E-state index in [-0.39, 0.29) is 11.4 Å². The summed E-state index contributed by atoms with van der Waals surface area (Å²) in [5.41, 5.74) is 0.791. The van der Waals surface area contributed by atoms with E-state index in [1.807, 2.05) is 0 Å². The van der Waals surface area contributed by atoms with Crippen molar-refractivity contribution in [3.05, 3.63) is 52.5 Å². The first kappa shape index (κ1) is 18.6. The van der Waals surface area contributed by atoms with Gasteiger partial charge in [0.1, 0.15) is 23.6 Å². The Labute approximate surface area is 162 Å². The van der Waals surface area contributed by atoms with Gasteiger partial charge in [0.2, 0.25) is 0 Å². The molecule has 0 unspecified atom stereocenters. The molecule has 4 rings (SSSR count). The van der Waals surface area contributed by atoms with E-state index in [0.29, 0.717) is 29.2 Å².